The lowest BCUT2D eigenvalue weighted by atomic mass is 9.94. The summed E-state index contributed by atoms with van der Waals surface area (Å²) in [6, 6.07) is 9.28. The highest BCUT2D eigenvalue weighted by Crippen LogP contribution is 2.29. The van der Waals surface area contributed by atoms with E-state index >= 15 is 0 Å². The SMILES string of the molecule is CNC(Cc1ccc(C(C)C)cc1)c1c(C)oc(C)c1C. The van der Waals surface area contributed by atoms with Gasteiger partial charge in [0, 0.05) is 11.6 Å². The number of benzene rings is 1. The van der Waals surface area contributed by atoms with E-state index in [9.17, 15) is 0 Å². The Bertz CT molecular complexity index is 593. The van der Waals surface area contributed by atoms with Gasteiger partial charge in [0.2, 0.25) is 0 Å². The third kappa shape index (κ3) is 3.38. The fraction of sp³-hybridized carbons (Fsp3) is 0.474. The summed E-state index contributed by atoms with van der Waals surface area (Å²) in [5.41, 5.74) is 5.33. The number of hydrogen-bond acceptors (Lipinski definition) is 2. The van der Waals surface area contributed by atoms with Gasteiger partial charge in [-0.2, -0.15) is 0 Å². The van der Waals surface area contributed by atoms with Crippen LogP contribution in [0.1, 0.15) is 59.6 Å². The summed E-state index contributed by atoms with van der Waals surface area (Å²) in [5.74, 6) is 2.64. The smallest absolute Gasteiger partial charge is 0.106 e. The Morgan fingerprint density at radius 2 is 1.62 bits per heavy atom. The number of aryl methyl sites for hydroxylation is 2. The Balaban J connectivity index is 2.23. The Labute approximate surface area is 128 Å². The Morgan fingerprint density at radius 3 is 2.05 bits per heavy atom. The van der Waals surface area contributed by atoms with Crippen LogP contribution in [0.5, 0.6) is 0 Å². The molecule has 2 rings (SSSR count). The van der Waals surface area contributed by atoms with Crippen LogP contribution in [0.3, 0.4) is 0 Å². The second kappa shape index (κ2) is 6.48. The molecule has 1 unspecified atom stereocenters. The predicted octanol–water partition coefficient (Wildman–Crippen LogP) is 4.83. The van der Waals surface area contributed by atoms with Gasteiger partial charge in [-0.3, -0.25) is 0 Å². The molecule has 0 bridgehead atoms. The van der Waals surface area contributed by atoms with Crippen molar-refractivity contribution in [3.8, 4) is 0 Å². The van der Waals surface area contributed by atoms with Crippen molar-refractivity contribution in [1.29, 1.82) is 0 Å². The van der Waals surface area contributed by atoms with Crippen LogP contribution in [0.2, 0.25) is 0 Å². The lowest BCUT2D eigenvalue weighted by molar-refractivity contribution is 0.489. The molecular formula is C19H27NO. The summed E-state index contributed by atoms with van der Waals surface area (Å²) >= 11 is 0. The zero-order chi connectivity index (χ0) is 15.6. The molecule has 0 amide bonds. The van der Waals surface area contributed by atoms with Gasteiger partial charge in [0.1, 0.15) is 11.5 Å². The fourth-order valence-corrected chi connectivity index (χ4v) is 2.94. The molecule has 2 aromatic rings. The van der Waals surface area contributed by atoms with E-state index < -0.39 is 0 Å². The van der Waals surface area contributed by atoms with Gasteiger partial charge in [-0.1, -0.05) is 38.1 Å². The lowest BCUT2D eigenvalue weighted by Gasteiger charge is -2.17. The van der Waals surface area contributed by atoms with Gasteiger partial charge in [-0.25, -0.2) is 0 Å². The molecule has 0 saturated heterocycles. The number of furan rings is 1. The molecule has 0 aliphatic heterocycles. The maximum absolute atomic E-state index is 5.78. The topological polar surface area (TPSA) is 25.2 Å². The molecule has 0 spiro atoms. The van der Waals surface area contributed by atoms with Crippen molar-refractivity contribution in [3.05, 3.63) is 58.0 Å². The predicted molar refractivity (Wildman–Crippen MR) is 89.0 cm³/mol. The number of hydrogen-bond donors (Lipinski definition) is 1. The van der Waals surface area contributed by atoms with Gasteiger partial charge in [0.05, 0.1) is 0 Å². The van der Waals surface area contributed by atoms with Gasteiger partial charge in [-0.15, -0.1) is 0 Å². The molecule has 114 valence electrons. The number of rotatable bonds is 5. The lowest BCUT2D eigenvalue weighted by Crippen LogP contribution is -2.20. The van der Waals surface area contributed by atoms with E-state index in [2.05, 4.69) is 57.3 Å². The van der Waals surface area contributed by atoms with Crippen molar-refractivity contribution >= 4 is 0 Å². The minimum atomic E-state index is 0.298. The highest BCUT2D eigenvalue weighted by Gasteiger charge is 2.20. The summed E-state index contributed by atoms with van der Waals surface area (Å²) < 4.78 is 5.78. The zero-order valence-electron chi connectivity index (χ0n) is 14.1. The average Bonchev–Trinajstić information content (AvgIpc) is 2.70. The summed E-state index contributed by atoms with van der Waals surface area (Å²) in [5, 5.41) is 3.44. The number of likely N-dealkylation sites (N-methyl/N-ethyl adjacent to an activating group) is 1. The molecule has 1 heterocycles. The van der Waals surface area contributed by atoms with Crippen molar-refractivity contribution in [2.24, 2.45) is 0 Å². The minimum absolute atomic E-state index is 0.298. The molecule has 1 aromatic heterocycles. The molecule has 0 radical (unpaired) electrons. The molecule has 2 heteroatoms. The third-order valence-corrected chi connectivity index (χ3v) is 4.40. The molecule has 0 aliphatic carbocycles. The maximum atomic E-state index is 5.78. The Hall–Kier alpha value is -1.54. The van der Waals surface area contributed by atoms with E-state index in [0.717, 1.165) is 17.9 Å². The molecule has 1 aromatic carbocycles. The van der Waals surface area contributed by atoms with Gasteiger partial charge in [-0.05, 0) is 56.8 Å². The van der Waals surface area contributed by atoms with E-state index in [4.69, 9.17) is 4.42 Å². The second-order valence-corrected chi connectivity index (χ2v) is 6.19. The molecule has 1 atom stereocenters. The molecular weight excluding hydrogens is 258 g/mol. The molecule has 1 N–H and O–H groups in total. The quantitative estimate of drug-likeness (QED) is 0.851. The van der Waals surface area contributed by atoms with Crippen LogP contribution >= 0.6 is 0 Å². The normalized spacial score (nSPS) is 12.9. The molecule has 2 nitrogen and oxygen atoms in total. The molecule has 0 aliphatic rings. The standard InChI is InChI=1S/C19H27NO/c1-12(2)17-9-7-16(8-10-17)11-18(20-6)19-13(3)14(4)21-15(19)5/h7-10,12,18,20H,11H2,1-6H3. The van der Waals surface area contributed by atoms with Crippen molar-refractivity contribution in [3.63, 3.8) is 0 Å². The van der Waals surface area contributed by atoms with Gasteiger partial charge in [0.25, 0.3) is 0 Å². The van der Waals surface area contributed by atoms with E-state index in [1.807, 2.05) is 14.0 Å². The van der Waals surface area contributed by atoms with Crippen LogP contribution in [-0.4, -0.2) is 7.05 Å². The van der Waals surface area contributed by atoms with Crippen molar-refractivity contribution in [2.75, 3.05) is 7.05 Å². The van der Waals surface area contributed by atoms with Crippen LogP contribution in [0, 0.1) is 20.8 Å². The zero-order valence-corrected chi connectivity index (χ0v) is 14.1. The first-order valence-electron chi connectivity index (χ1n) is 7.76. The largest absolute Gasteiger partial charge is 0.466 e. The van der Waals surface area contributed by atoms with Gasteiger partial charge < -0.3 is 9.73 Å². The van der Waals surface area contributed by atoms with Gasteiger partial charge in [0.15, 0.2) is 0 Å². The van der Waals surface area contributed by atoms with E-state index in [-0.39, 0.29) is 0 Å². The van der Waals surface area contributed by atoms with Crippen LogP contribution in [0.25, 0.3) is 0 Å². The summed E-state index contributed by atoms with van der Waals surface area (Å²) in [4.78, 5) is 0. The average molecular weight is 285 g/mol. The first-order chi connectivity index (χ1) is 9.93. The molecule has 0 fully saturated rings. The number of nitrogens with one attached hydrogen (secondary N) is 1. The summed E-state index contributed by atoms with van der Waals surface area (Å²) in [6.45, 7) is 10.7. The first kappa shape index (κ1) is 15.8. The maximum Gasteiger partial charge on any atom is 0.106 e. The van der Waals surface area contributed by atoms with E-state index in [0.29, 0.717) is 12.0 Å². The summed E-state index contributed by atoms with van der Waals surface area (Å²) in [7, 11) is 2.02. The van der Waals surface area contributed by atoms with Crippen LogP contribution in [0.15, 0.2) is 28.7 Å². The highest BCUT2D eigenvalue weighted by atomic mass is 16.3. The van der Waals surface area contributed by atoms with Crippen LogP contribution < -0.4 is 5.32 Å². The van der Waals surface area contributed by atoms with Crippen molar-refractivity contribution < 1.29 is 4.42 Å². The Kier molecular flexibility index (Phi) is 4.89. The monoisotopic (exact) mass is 285 g/mol. The molecule has 21 heavy (non-hydrogen) atoms. The van der Waals surface area contributed by atoms with Crippen LogP contribution in [-0.2, 0) is 6.42 Å². The Morgan fingerprint density at radius 1 is 1.00 bits per heavy atom. The van der Waals surface area contributed by atoms with E-state index in [1.165, 1.54) is 22.3 Å². The second-order valence-electron chi connectivity index (χ2n) is 6.19. The first-order valence-corrected chi connectivity index (χ1v) is 7.76. The highest BCUT2D eigenvalue weighted by molar-refractivity contribution is 5.36. The van der Waals surface area contributed by atoms with Crippen molar-refractivity contribution in [2.45, 2.75) is 53.0 Å². The molecule has 0 saturated carbocycles. The fourth-order valence-electron chi connectivity index (χ4n) is 2.94. The van der Waals surface area contributed by atoms with Crippen LogP contribution in [0.4, 0.5) is 0 Å². The van der Waals surface area contributed by atoms with E-state index in [1.54, 1.807) is 0 Å². The van der Waals surface area contributed by atoms with Gasteiger partial charge >= 0.3 is 0 Å². The minimum Gasteiger partial charge on any atom is -0.466 e. The summed E-state index contributed by atoms with van der Waals surface area (Å²) in [6.07, 6.45) is 0.982. The van der Waals surface area contributed by atoms with Crippen molar-refractivity contribution in [1.82, 2.24) is 5.32 Å². The third-order valence-electron chi connectivity index (χ3n) is 4.40.